The van der Waals surface area contributed by atoms with E-state index in [1.807, 2.05) is 13.8 Å². The molecule has 1 aromatic carbocycles. The van der Waals surface area contributed by atoms with E-state index in [9.17, 15) is 9.59 Å². The number of ether oxygens (including phenoxy) is 2. The normalized spacial score (nSPS) is 11.0. The van der Waals surface area contributed by atoms with Crippen LogP contribution in [0.2, 0.25) is 0 Å². The highest BCUT2D eigenvalue weighted by molar-refractivity contribution is 5.89. The highest BCUT2D eigenvalue weighted by Crippen LogP contribution is 2.19. The Morgan fingerprint density at radius 1 is 1.00 bits per heavy atom. The molecule has 0 bridgehead atoms. The molecule has 6 nitrogen and oxygen atoms in total. The fraction of sp³-hybridized carbons (Fsp3) is 0.556. The molecule has 0 unspecified atom stereocenters. The van der Waals surface area contributed by atoms with Gasteiger partial charge in [0.15, 0.2) is 0 Å². The Balaban J connectivity index is 2.14. The van der Waals surface area contributed by atoms with Gasteiger partial charge in [-0.05, 0) is 32.4 Å². The van der Waals surface area contributed by atoms with Crippen LogP contribution in [-0.2, 0) is 19.2 Å². The van der Waals surface area contributed by atoms with E-state index in [0.29, 0.717) is 5.56 Å². The number of rotatable bonds is 10. The number of esters is 1. The summed E-state index contributed by atoms with van der Waals surface area (Å²) in [6.07, 6.45) is 3.04. The minimum Gasteiger partial charge on any atom is -0.458 e. The van der Waals surface area contributed by atoms with Gasteiger partial charge in [-0.3, -0.25) is 4.89 Å². The lowest BCUT2D eigenvalue weighted by Gasteiger charge is -2.22. The Kier molecular flexibility index (Phi) is 8.86. The van der Waals surface area contributed by atoms with Crippen LogP contribution in [0.15, 0.2) is 30.3 Å². The largest absolute Gasteiger partial charge is 0.540 e. The molecule has 0 atom stereocenters. The Morgan fingerprint density at radius 3 is 2.33 bits per heavy atom. The Bertz CT molecular complexity index is 497. The van der Waals surface area contributed by atoms with Crippen LogP contribution in [0.25, 0.3) is 0 Å². The van der Waals surface area contributed by atoms with E-state index in [2.05, 4.69) is 11.8 Å². The summed E-state index contributed by atoms with van der Waals surface area (Å²) >= 11 is 0. The van der Waals surface area contributed by atoms with E-state index in [0.717, 1.165) is 25.7 Å². The van der Waals surface area contributed by atoms with Gasteiger partial charge in [0.05, 0.1) is 5.56 Å². The fourth-order valence-corrected chi connectivity index (χ4v) is 1.93. The topological polar surface area (TPSA) is 71.1 Å². The smallest absolute Gasteiger partial charge is 0.458 e. The zero-order chi connectivity index (χ0) is 17.8. The molecule has 0 aliphatic carbocycles. The second kappa shape index (κ2) is 10.6. The average Bonchev–Trinajstić information content (AvgIpc) is 2.58. The molecule has 0 spiro atoms. The molecule has 0 heterocycles. The van der Waals surface area contributed by atoms with Crippen molar-refractivity contribution in [1.29, 1.82) is 0 Å². The van der Waals surface area contributed by atoms with Gasteiger partial charge in [0.25, 0.3) is 0 Å². The lowest BCUT2D eigenvalue weighted by Crippen LogP contribution is -2.27. The second-order valence-corrected chi connectivity index (χ2v) is 5.98. The van der Waals surface area contributed by atoms with Crippen molar-refractivity contribution in [2.24, 2.45) is 0 Å². The van der Waals surface area contributed by atoms with Crippen molar-refractivity contribution >= 4 is 12.1 Å². The summed E-state index contributed by atoms with van der Waals surface area (Å²) in [4.78, 5) is 32.8. The van der Waals surface area contributed by atoms with Crippen LogP contribution in [0.3, 0.4) is 0 Å². The molecule has 6 heteroatoms. The van der Waals surface area contributed by atoms with Crippen LogP contribution in [-0.4, -0.2) is 30.9 Å². The summed E-state index contributed by atoms with van der Waals surface area (Å²) in [5.41, 5.74) is -0.120. The minimum atomic E-state index is -0.950. The zero-order valence-electron chi connectivity index (χ0n) is 14.6. The van der Waals surface area contributed by atoms with Gasteiger partial charge in [-0.15, -0.1) is 0 Å². The van der Waals surface area contributed by atoms with Gasteiger partial charge < -0.3 is 9.47 Å². The molecule has 0 aromatic heterocycles. The molecule has 0 fully saturated rings. The van der Waals surface area contributed by atoms with Crippen LogP contribution in [0.5, 0.6) is 0 Å². The quantitative estimate of drug-likeness (QED) is 0.274. The molecule has 1 aromatic rings. The first-order valence-electron chi connectivity index (χ1n) is 8.19. The predicted molar refractivity (Wildman–Crippen MR) is 88.5 cm³/mol. The van der Waals surface area contributed by atoms with E-state index in [-0.39, 0.29) is 13.2 Å². The summed E-state index contributed by atoms with van der Waals surface area (Å²) in [5.74, 6) is -0.471. The van der Waals surface area contributed by atoms with E-state index < -0.39 is 17.7 Å². The van der Waals surface area contributed by atoms with Crippen molar-refractivity contribution < 1.29 is 28.8 Å². The standard InChI is InChI=1S/C18H26O6/c1-4-5-9-12-18(2,3)24-23-17(20)22-14-13-21-16(19)15-10-7-6-8-11-15/h6-8,10-11H,4-5,9,12-14H2,1-3H3. The summed E-state index contributed by atoms with van der Waals surface area (Å²) in [5, 5.41) is 0. The Labute approximate surface area is 143 Å². The molecule has 0 radical (unpaired) electrons. The number of carbonyl (C=O) groups is 2. The van der Waals surface area contributed by atoms with Crippen molar-refractivity contribution in [3.63, 3.8) is 0 Å². The molecular formula is C18H26O6. The van der Waals surface area contributed by atoms with E-state index >= 15 is 0 Å². The van der Waals surface area contributed by atoms with Crippen molar-refractivity contribution in [1.82, 2.24) is 0 Å². The number of carbonyl (C=O) groups excluding carboxylic acids is 2. The Morgan fingerprint density at radius 2 is 1.67 bits per heavy atom. The van der Waals surface area contributed by atoms with Crippen LogP contribution in [0.1, 0.15) is 56.8 Å². The summed E-state index contributed by atoms with van der Waals surface area (Å²) in [7, 11) is 0. The first kappa shape index (κ1) is 20.0. The van der Waals surface area contributed by atoms with Gasteiger partial charge in [0, 0.05) is 0 Å². The van der Waals surface area contributed by atoms with E-state index in [1.54, 1.807) is 30.3 Å². The number of hydrogen-bond donors (Lipinski definition) is 0. The Hall–Kier alpha value is -2.08. The summed E-state index contributed by atoms with van der Waals surface area (Å²) < 4.78 is 9.76. The number of unbranched alkanes of at least 4 members (excludes halogenated alkanes) is 2. The van der Waals surface area contributed by atoms with Gasteiger partial charge in [-0.25, -0.2) is 9.59 Å². The maximum Gasteiger partial charge on any atom is 0.540 e. The molecule has 24 heavy (non-hydrogen) atoms. The first-order chi connectivity index (χ1) is 11.4. The van der Waals surface area contributed by atoms with Crippen LogP contribution in [0, 0.1) is 0 Å². The van der Waals surface area contributed by atoms with Gasteiger partial charge in [0.2, 0.25) is 0 Å². The maximum atomic E-state index is 11.7. The lowest BCUT2D eigenvalue weighted by atomic mass is 10.0. The van der Waals surface area contributed by atoms with Crippen molar-refractivity contribution in [2.45, 2.75) is 52.1 Å². The van der Waals surface area contributed by atoms with Crippen molar-refractivity contribution in [3.05, 3.63) is 35.9 Å². The SMILES string of the molecule is CCCCCC(C)(C)OOC(=O)OCCOC(=O)c1ccccc1. The molecule has 0 saturated carbocycles. The highest BCUT2D eigenvalue weighted by atomic mass is 17.2. The number of hydrogen-bond acceptors (Lipinski definition) is 6. The third-order valence-electron chi connectivity index (χ3n) is 3.26. The summed E-state index contributed by atoms with van der Waals surface area (Å²) in [6.45, 7) is 5.65. The van der Waals surface area contributed by atoms with Gasteiger partial charge in [-0.1, -0.05) is 44.4 Å². The van der Waals surface area contributed by atoms with Crippen LogP contribution >= 0.6 is 0 Å². The molecule has 0 N–H and O–H groups in total. The monoisotopic (exact) mass is 338 g/mol. The number of benzene rings is 1. The minimum absolute atomic E-state index is 0.0529. The molecule has 134 valence electrons. The van der Waals surface area contributed by atoms with Gasteiger partial charge in [0.1, 0.15) is 18.8 Å². The molecule has 1 rings (SSSR count). The molecular weight excluding hydrogens is 312 g/mol. The van der Waals surface area contributed by atoms with Crippen LogP contribution in [0.4, 0.5) is 4.79 Å². The van der Waals surface area contributed by atoms with Crippen molar-refractivity contribution in [2.75, 3.05) is 13.2 Å². The molecule has 0 saturated heterocycles. The van der Waals surface area contributed by atoms with E-state index in [1.165, 1.54) is 0 Å². The second-order valence-electron chi connectivity index (χ2n) is 5.98. The van der Waals surface area contributed by atoms with Crippen LogP contribution < -0.4 is 0 Å². The fourth-order valence-electron chi connectivity index (χ4n) is 1.93. The lowest BCUT2D eigenvalue weighted by molar-refractivity contribution is -0.319. The third kappa shape index (κ3) is 8.53. The first-order valence-corrected chi connectivity index (χ1v) is 8.19. The maximum absolute atomic E-state index is 11.7. The molecule has 0 aliphatic rings. The highest BCUT2D eigenvalue weighted by Gasteiger charge is 2.22. The average molecular weight is 338 g/mol. The van der Waals surface area contributed by atoms with E-state index in [4.69, 9.17) is 14.4 Å². The molecule has 0 amide bonds. The van der Waals surface area contributed by atoms with Gasteiger partial charge >= 0.3 is 12.1 Å². The zero-order valence-corrected chi connectivity index (χ0v) is 14.6. The van der Waals surface area contributed by atoms with Gasteiger partial charge in [-0.2, -0.15) is 4.89 Å². The van der Waals surface area contributed by atoms with Crippen molar-refractivity contribution in [3.8, 4) is 0 Å². The molecule has 0 aliphatic heterocycles. The summed E-state index contributed by atoms with van der Waals surface area (Å²) in [6, 6.07) is 8.57. The predicted octanol–water partition coefficient (Wildman–Crippen LogP) is 4.29. The third-order valence-corrected chi connectivity index (χ3v) is 3.26.